The van der Waals surface area contributed by atoms with Gasteiger partial charge in [-0.05, 0) is 37.0 Å². The summed E-state index contributed by atoms with van der Waals surface area (Å²) in [5, 5.41) is 3.93. The maximum absolute atomic E-state index is 11.8. The lowest BCUT2D eigenvalue weighted by atomic mass is 10.1. The molecule has 4 aromatic rings. The molecule has 2 heterocycles. The largest absolute Gasteiger partial charge is 0.497 e. The Labute approximate surface area is 198 Å². The van der Waals surface area contributed by atoms with Crippen LogP contribution >= 0.6 is 0 Å². The van der Waals surface area contributed by atoms with Crippen LogP contribution in [0.25, 0.3) is 22.3 Å². The highest BCUT2D eigenvalue weighted by Crippen LogP contribution is 2.38. The molecule has 0 bridgehead atoms. The van der Waals surface area contributed by atoms with Gasteiger partial charge >= 0.3 is 0 Å². The van der Waals surface area contributed by atoms with Crippen molar-refractivity contribution in [3.63, 3.8) is 0 Å². The van der Waals surface area contributed by atoms with Gasteiger partial charge in [-0.2, -0.15) is 9.19 Å². The first-order valence-electron chi connectivity index (χ1n) is 10.9. The van der Waals surface area contributed by atoms with Crippen molar-refractivity contribution in [1.29, 1.82) is 0 Å². The summed E-state index contributed by atoms with van der Waals surface area (Å²) in [5.41, 5.74) is 4.54. The zero-order valence-electron chi connectivity index (χ0n) is 19.2. The molecule has 0 spiro atoms. The normalized spacial score (nSPS) is 13.7. The van der Waals surface area contributed by atoms with E-state index in [-0.39, 0.29) is 0 Å². The molecule has 0 radical (unpaired) electrons. The van der Waals surface area contributed by atoms with E-state index in [2.05, 4.69) is 15.0 Å². The minimum Gasteiger partial charge on any atom is -0.497 e. The van der Waals surface area contributed by atoms with Crippen molar-refractivity contribution >= 4 is 32.4 Å². The van der Waals surface area contributed by atoms with Gasteiger partial charge in [-0.1, -0.05) is 0 Å². The number of hydrogen-bond donors (Lipinski definition) is 0. The fourth-order valence-corrected chi connectivity index (χ4v) is 4.32. The summed E-state index contributed by atoms with van der Waals surface area (Å²) in [6, 6.07) is 11.8. The Morgan fingerprint density at radius 1 is 1.00 bits per heavy atom. The van der Waals surface area contributed by atoms with Crippen LogP contribution in [0.3, 0.4) is 0 Å². The Morgan fingerprint density at radius 3 is 2.35 bits per heavy atom. The first-order valence-corrected chi connectivity index (χ1v) is 12.7. The van der Waals surface area contributed by atoms with Gasteiger partial charge in [0.1, 0.15) is 11.5 Å². The molecule has 5 rings (SSSR count). The highest BCUT2D eigenvalue weighted by atomic mass is 32.2. The predicted molar refractivity (Wildman–Crippen MR) is 130 cm³/mol. The summed E-state index contributed by atoms with van der Waals surface area (Å²) < 4.78 is 35.4. The molecule has 0 amide bonds. The summed E-state index contributed by atoms with van der Waals surface area (Å²) in [6.45, 7) is 0.871. The molecule has 176 valence electrons. The number of benzene rings is 2. The molecule has 0 N–H and O–H groups in total. The molecule has 1 fully saturated rings. The first kappa shape index (κ1) is 22.1. The average molecular weight is 480 g/mol. The van der Waals surface area contributed by atoms with Crippen LogP contribution in [0, 0.1) is 5.92 Å². The van der Waals surface area contributed by atoms with Crippen molar-refractivity contribution in [2.45, 2.75) is 12.8 Å². The third kappa shape index (κ3) is 4.54. The highest BCUT2D eigenvalue weighted by molar-refractivity contribution is 7.89. The van der Waals surface area contributed by atoms with E-state index in [4.69, 9.17) is 14.5 Å². The lowest BCUT2D eigenvalue weighted by Gasteiger charge is -2.26. The van der Waals surface area contributed by atoms with E-state index in [1.54, 1.807) is 20.4 Å². The fourth-order valence-electron chi connectivity index (χ4n) is 3.79. The number of ether oxygens (including phenoxy) is 2. The fraction of sp³-hybridized carbons (Fsp3) is 0.292. The van der Waals surface area contributed by atoms with Gasteiger partial charge in [0.05, 0.1) is 55.8 Å². The standard InChI is InChI=1S/C24H25N5O4S/c1-32-20-8-19(9-21(11-20)33-2)28(14-16-4-5-16)18-6-7-22-23(10-18)27-24(13-25-22)17-12-26-29(15-17)34(3,30)31/h6-13,15-16H,4-5,14H2,1-3H3. The van der Waals surface area contributed by atoms with Gasteiger partial charge in [-0.3, -0.25) is 4.98 Å². The Balaban J connectivity index is 1.56. The summed E-state index contributed by atoms with van der Waals surface area (Å²) in [4.78, 5) is 11.5. The molecule has 2 aromatic carbocycles. The van der Waals surface area contributed by atoms with E-state index < -0.39 is 10.0 Å². The summed E-state index contributed by atoms with van der Waals surface area (Å²) in [7, 11) is -0.185. The number of aromatic nitrogens is 4. The SMILES string of the molecule is COc1cc(OC)cc(N(CC2CC2)c2ccc3ncc(-c4cnn(S(C)(=O)=O)c4)nc3c2)c1. The van der Waals surface area contributed by atoms with Gasteiger partial charge in [0.15, 0.2) is 0 Å². The zero-order chi connectivity index (χ0) is 23.9. The van der Waals surface area contributed by atoms with E-state index in [9.17, 15) is 8.42 Å². The molecular formula is C24H25N5O4S. The molecule has 9 nitrogen and oxygen atoms in total. The third-order valence-corrected chi connectivity index (χ3v) is 6.70. The van der Waals surface area contributed by atoms with Crippen molar-refractivity contribution in [1.82, 2.24) is 19.2 Å². The van der Waals surface area contributed by atoms with Crippen molar-refractivity contribution in [3.05, 3.63) is 55.0 Å². The van der Waals surface area contributed by atoms with Crippen molar-refractivity contribution in [3.8, 4) is 22.8 Å². The number of rotatable bonds is 8. The second-order valence-corrected chi connectivity index (χ2v) is 10.3. The Morgan fingerprint density at radius 2 is 1.74 bits per heavy atom. The number of anilines is 2. The van der Waals surface area contributed by atoms with E-state index in [1.165, 1.54) is 25.2 Å². The average Bonchev–Trinajstić information content (AvgIpc) is 3.51. The first-order chi connectivity index (χ1) is 16.3. The molecule has 34 heavy (non-hydrogen) atoms. The second-order valence-electron chi connectivity index (χ2n) is 8.42. The van der Waals surface area contributed by atoms with Gasteiger partial charge in [-0.15, -0.1) is 0 Å². The third-order valence-electron chi connectivity index (χ3n) is 5.82. The molecule has 1 aliphatic carbocycles. The number of nitrogens with zero attached hydrogens (tertiary/aromatic N) is 5. The molecule has 0 saturated heterocycles. The smallest absolute Gasteiger partial charge is 0.250 e. The van der Waals surface area contributed by atoms with E-state index in [1.807, 2.05) is 36.4 Å². The van der Waals surface area contributed by atoms with Crippen molar-refractivity contribution in [2.75, 3.05) is 31.9 Å². The molecule has 10 heteroatoms. The second kappa shape index (κ2) is 8.60. The Bertz CT molecular complexity index is 1440. The van der Waals surface area contributed by atoms with Gasteiger partial charge in [0.25, 0.3) is 10.0 Å². The molecular weight excluding hydrogens is 454 g/mol. The van der Waals surface area contributed by atoms with Crippen LogP contribution in [0.2, 0.25) is 0 Å². The van der Waals surface area contributed by atoms with Crippen LogP contribution in [-0.4, -0.2) is 54.6 Å². The molecule has 0 atom stereocenters. The van der Waals surface area contributed by atoms with Crippen LogP contribution in [-0.2, 0) is 10.0 Å². The summed E-state index contributed by atoms with van der Waals surface area (Å²) in [5.74, 6) is 2.08. The van der Waals surface area contributed by atoms with E-state index >= 15 is 0 Å². The quantitative estimate of drug-likeness (QED) is 0.376. The summed E-state index contributed by atoms with van der Waals surface area (Å²) >= 11 is 0. The van der Waals surface area contributed by atoms with Gasteiger partial charge in [-0.25, -0.2) is 13.4 Å². The minimum atomic E-state index is -3.47. The molecule has 0 aliphatic heterocycles. The van der Waals surface area contributed by atoms with Crippen LogP contribution in [0.15, 0.2) is 55.0 Å². The molecule has 0 unspecified atom stereocenters. The maximum atomic E-state index is 11.8. The van der Waals surface area contributed by atoms with Gasteiger partial charge in [0.2, 0.25) is 0 Å². The van der Waals surface area contributed by atoms with E-state index in [0.29, 0.717) is 22.7 Å². The number of methoxy groups -OCH3 is 2. The van der Waals surface area contributed by atoms with Gasteiger partial charge < -0.3 is 14.4 Å². The molecule has 1 saturated carbocycles. The lowest BCUT2D eigenvalue weighted by molar-refractivity contribution is 0.394. The molecule has 2 aromatic heterocycles. The van der Waals surface area contributed by atoms with Crippen molar-refractivity contribution < 1.29 is 17.9 Å². The van der Waals surface area contributed by atoms with Crippen LogP contribution < -0.4 is 14.4 Å². The predicted octanol–water partition coefficient (Wildman–Crippen LogP) is 3.87. The topological polar surface area (TPSA) is 99.4 Å². The number of hydrogen-bond acceptors (Lipinski definition) is 8. The van der Waals surface area contributed by atoms with E-state index in [0.717, 1.165) is 45.3 Å². The minimum absolute atomic E-state index is 0.552. The van der Waals surface area contributed by atoms with Crippen LogP contribution in [0.5, 0.6) is 11.5 Å². The van der Waals surface area contributed by atoms with Crippen LogP contribution in [0.4, 0.5) is 11.4 Å². The van der Waals surface area contributed by atoms with Crippen molar-refractivity contribution in [2.24, 2.45) is 5.92 Å². The highest BCUT2D eigenvalue weighted by Gasteiger charge is 2.26. The monoisotopic (exact) mass is 479 g/mol. The maximum Gasteiger partial charge on any atom is 0.250 e. The lowest BCUT2D eigenvalue weighted by Crippen LogP contribution is -2.20. The zero-order valence-corrected chi connectivity index (χ0v) is 20.0. The number of fused-ring (bicyclic) bond motifs is 1. The van der Waals surface area contributed by atoms with Crippen LogP contribution in [0.1, 0.15) is 12.8 Å². The Hall–Kier alpha value is -3.66. The van der Waals surface area contributed by atoms with Gasteiger partial charge in [0, 0.05) is 41.7 Å². The summed E-state index contributed by atoms with van der Waals surface area (Å²) in [6.07, 6.45) is 8.06. The Kier molecular flexibility index (Phi) is 5.60. The molecule has 1 aliphatic rings.